The number of ether oxygens (including phenoxy) is 1. The Morgan fingerprint density at radius 1 is 1.19 bits per heavy atom. The molecule has 0 aromatic heterocycles. The largest absolute Gasteiger partial charge is 0.381 e. The maximum atomic E-state index is 15.8. The smallest absolute Gasteiger partial charge is 0.237 e. The molecule has 0 radical (unpaired) electrons. The third kappa shape index (κ3) is 4.50. The molecule has 4 atom stereocenters. The van der Waals surface area contributed by atoms with Crippen LogP contribution in [0.2, 0.25) is 10.0 Å². The third-order valence-electron chi connectivity index (χ3n) is 8.30. The van der Waals surface area contributed by atoms with Gasteiger partial charge in [0.25, 0.3) is 0 Å². The highest BCUT2D eigenvalue weighted by molar-refractivity contribution is 6.31. The topological polar surface area (TPSA) is 67.4 Å². The van der Waals surface area contributed by atoms with Crippen LogP contribution in [0, 0.1) is 17.2 Å². The Balaban J connectivity index is 1.67. The number of anilines is 1. The SMILES string of the molecule is COC1CC(CC(=O)[C@@H]2N[C@H](CC(C)(C)C)[C@]3(C(=O)Nc4cc(Cl)ccc43)[C@H]2c2cccc(Cl)c2F)C1. The van der Waals surface area contributed by atoms with Crippen molar-refractivity contribution in [3.8, 4) is 0 Å². The van der Waals surface area contributed by atoms with Crippen LogP contribution in [0.3, 0.4) is 0 Å². The molecule has 5 nitrogen and oxygen atoms in total. The predicted octanol–water partition coefficient (Wildman–Crippen LogP) is 6.27. The van der Waals surface area contributed by atoms with Gasteiger partial charge in [0.2, 0.25) is 5.91 Å². The molecule has 2 N–H and O–H groups in total. The molecule has 37 heavy (non-hydrogen) atoms. The Morgan fingerprint density at radius 2 is 1.92 bits per heavy atom. The first-order valence-electron chi connectivity index (χ1n) is 12.8. The molecule has 198 valence electrons. The molecule has 2 aliphatic heterocycles. The van der Waals surface area contributed by atoms with Crippen LogP contribution in [0.5, 0.6) is 0 Å². The number of amides is 1. The summed E-state index contributed by atoms with van der Waals surface area (Å²) in [5.41, 5.74) is 0.214. The van der Waals surface area contributed by atoms with Crippen molar-refractivity contribution in [2.24, 2.45) is 11.3 Å². The maximum Gasteiger partial charge on any atom is 0.237 e. The van der Waals surface area contributed by atoms with E-state index in [0.29, 0.717) is 23.6 Å². The standard InChI is InChI=1S/C29H33Cl2FN2O3/c1-28(2,3)14-23-29(19-9-8-16(30)13-21(19)33-27(29)36)24(18-6-5-7-20(31)25(18)32)26(34-23)22(35)12-15-10-17(11-15)37-4/h5-9,13,15,17,23-24,26,34H,10-12,14H2,1-4H3,(H,33,36)/t15?,17?,23-,24+,26+,29+/m1/s1. The van der Waals surface area contributed by atoms with Crippen LogP contribution < -0.4 is 10.6 Å². The number of carbonyl (C=O) groups is 2. The van der Waals surface area contributed by atoms with Crippen LogP contribution in [-0.2, 0) is 19.7 Å². The van der Waals surface area contributed by atoms with E-state index < -0.39 is 29.2 Å². The highest BCUT2D eigenvalue weighted by atomic mass is 35.5. The third-order valence-corrected chi connectivity index (χ3v) is 8.83. The monoisotopic (exact) mass is 546 g/mol. The number of methoxy groups -OCH3 is 1. The second-order valence-corrected chi connectivity index (χ2v) is 12.8. The van der Waals surface area contributed by atoms with Gasteiger partial charge in [0.1, 0.15) is 11.2 Å². The number of halogens is 3. The molecule has 0 unspecified atom stereocenters. The summed E-state index contributed by atoms with van der Waals surface area (Å²) in [4.78, 5) is 28.0. The van der Waals surface area contributed by atoms with E-state index in [1.165, 1.54) is 6.07 Å². The minimum Gasteiger partial charge on any atom is -0.381 e. The van der Waals surface area contributed by atoms with Gasteiger partial charge in [-0.2, -0.15) is 0 Å². The summed E-state index contributed by atoms with van der Waals surface area (Å²) in [7, 11) is 1.68. The fraction of sp³-hybridized carbons (Fsp3) is 0.517. The number of nitrogens with one attached hydrogen (secondary N) is 2. The van der Waals surface area contributed by atoms with Crippen molar-refractivity contribution in [3.05, 3.63) is 63.4 Å². The maximum absolute atomic E-state index is 15.8. The number of carbonyl (C=O) groups excluding carboxylic acids is 2. The van der Waals surface area contributed by atoms with Crippen LogP contribution in [0.15, 0.2) is 36.4 Å². The number of fused-ring (bicyclic) bond motifs is 2. The fourth-order valence-electron chi connectivity index (χ4n) is 6.65. The molecule has 2 aromatic rings. The van der Waals surface area contributed by atoms with E-state index in [-0.39, 0.29) is 39.7 Å². The van der Waals surface area contributed by atoms with Gasteiger partial charge < -0.3 is 15.4 Å². The van der Waals surface area contributed by atoms with Gasteiger partial charge in [0, 0.05) is 36.2 Å². The molecule has 8 heteroatoms. The van der Waals surface area contributed by atoms with Crippen molar-refractivity contribution in [2.45, 2.75) is 76.0 Å². The Labute approximate surface area is 227 Å². The minimum atomic E-state index is -1.21. The second-order valence-electron chi connectivity index (χ2n) is 12.0. The second kappa shape index (κ2) is 9.64. The molecular formula is C29H33Cl2FN2O3. The van der Waals surface area contributed by atoms with Gasteiger partial charge in [-0.05, 0) is 59.9 Å². The van der Waals surface area contributed by atoms with Gasteiger partial charge in [0.15, 0.2) is 5.78 Å². The lowest BCUT2D eigenvalue weighted by Gasteiger charge is -2.38. The van der Waals surface area contributed by atoms with Crippen molar-refractivity contribution in [1.29, 1.82) is 0 Å². The first-order valence-corrected chi connectivity index (χ1v) is 13.6. The number of ketones is 1. The Bertz CT molecular complexity index is 1240. The molecule has 1 saturated carbocycles. The first kappa shape index (κ1) is 26.6. The lowest BCUT2D eigenvalue weighted by molar-refractivity contribution is -0.124. The summed E-state index contributed by atoms with van der Waals surface area (Å²) in [6.45, 7) is 6.30. The van der Waals surface area contributed by atoms with E-state index >= 15 is 4.39 Å². The average molecular weight is 547 g/mol. The Hall–Kier alpha value is -1.99. The Kier molecular flexibility index (Phi) is 6.93. The van der Waals surface area contributed by atoms with Crippen molar-refractivity contribution < 1.29 is 18.7 Å². The van der Waals surface area contributed by atoms with Crippen molar-refractivity contribution in [3.63, 3.8) is 0 Å². The molecule has 1 amide bonds. The molecule has 0 bridgehead atoms. The highest BCUT2D eigenvalue weighted by Crippen LogP contribution is 2.57. The molecule has 5 rings (SSSR count). The zero-order chi connectivity index (χ0) is 26.7. The summed E-state index contributed by atoms with van der Waals surface area (Å²) < 4.78 is 21.2. The fourth-order valence-corrected chi connectivity index (χ4v) is 7.00. The summed E-state index contributed by atoms with van der Waals surface area (Å²) in [5.74, 6) is -1.44. The van der Waals surface area contributed by atoms with E-state index in [9.17, 15) is 9.59 Å². The molecule has 1 saturated heterocycles. The number of hydrogen-bond acceptors (Lipinski definition) is 4. The van der Waals surface area contributed by atoms with Gasteiger partial charge >= 0.3 is 0 Å². The molecular weight excluding hydrogens is 514 g/mol. The van der Waals surface area contributed by atoms with Gasteiger partial charge in [-0.3, -0.25) is 9.59 Å². The predicted molar refractivity (Wildman–Crippen MR) is 144 cm³/mol. The van der Waals surface area contributed by atoms with Crippen molar-refractivity contribution in [2.75, 3.05) is 12.4 Å². The van der Waals surface area contributed by atoms with Crippen LogP contribution in [0.4, 0.5) is 10.1 Å². The van der Waals surface area contributed by atoms with Crippen LogP contribution in [-0.4, -0.2) is 37.0 Å². The van der Waals surface area contributed by atoms with Gasteiger partial charge in [-0.15, -0.1) is 0 Å². The van der Waals surface area contributed by atoms with Crippen molar-refractivity contribution >= 4 is 40.6 Å². The van der Waals surface area contributed by atoms with E-state index in [4.69, 9.17) is 27.9 Å². The summed E-state index contributed by atoms with van der Waals surface area (Å²) in [6, 6.07) is 8.95. The summed E-state index contributed by atoms with van der Waals surface area (Å²) in [6.07, 6.45) is 2.77. The van der Waals surface area contributed by atoms with Gasteiger partial charge in [-0.25, -0.2) is 4.39 Å². The zero-order valence-corrected chi connectivity index (χ0v) is 23.0. The lowest BCUT2D eigenvalue weighted by atomic mass is 9.62. The Morgan fingerprint density at radius 3 is 2.59 bits per heavy atom. The number of benzene rings is 2. The number of hydrogen-bond donors (Lipinski definition) is 2. The summed E-state index contributed by atoms with van der Waals surface area (Å²) in [5, 5.41) is 7.02. The molecule has 3 aliphatic rings. The number of Topliss-reactive ketones (excluding diaryl/α,β-unsaturated/α-hetero) is 1. The highest BCUT2D eigenvalue weighted by Gasteiger charge is 2.66. The number of rotatable bonds is 6. The molecule has 1 spiro atoms. The van der Waals surface area contributed by atoms with E-state index in [1.807, 2.05) is 6.07 Å². The summed E-state index contributed by atoms with van der Waals surface area (Å²) >= 11 is 12.5. The molecule has 2 fully saturated rings. The van der Waals surface area contributed by atoms with Gasteiger partial charge in [0.05, 0.1) is 17.2 Å². The van der Waals surface area contributed by atoms with Gasteiger partial charge in [-0.1, -0.05) is 62.2 Å². The first-order chi connectivity index (χ1) is 17.5. The normalized spacial score (nSPS) is 30.8. The molecule has 2 heterocycles. The van der Waals surface area contributed by atoms with Crippen LogP contribution in [0.25, 0.3) is 0 Å². The quantitative estimate of drug-likeness (QED) is 0.448. The van der Waals surface area contributed by atoms with E-state index in [0.717, 1.165) is 18.4 Å². The van der Waals surface area contributed by atoms with Crippen LogP contribution >= 0.6 is 23.2 Å². The minimum absolute atomic E-state index is 0.0186. The molecule has 1 aliphatic carbocycles. The average Bonchev–Trinajstić information content (AvgIpc) is 3.26. The van der Waals surface area contributed by atoms with Crippen LogP contribution in [0.1, 0.15) is 63.5 Å². The van der Waals surface area contributed by atoms with E-state index in [2.05, 4.69) is 31.4 Å². The lowest BCUT2D eigenvalue weighted by Crippen LogP contribution is -2.49. The van der Waals surface area contributed by atoms with Crippen molar-refractivity contribution in [1.82, 2.24) is 5.32 Å². The molecule has 2 aromatic carbocycles. The van der Waals surface area contributed by atoms with E-state index in [1.54, 1.807) is 31.4 Å². The zero-order valence-electron chi connectivity index (χ0n) is 21.5.